The van der Waals surface area contributed by atoms with E-state index in [1.54, 1.807) is 4.68 Å². The van der Waals surface area contributed by atoms with Gasteiger partial charge in [0.25, 0.3) is 0 Å². The molecule has 134 valence electrons. The molecule has 1 aromatic carbocycles. The van der Waals surface area contributed by atoms with E-state index in [-0.39, 0.29) is 6.04 Å². The Morgan fingerprint density at radius 3 is 2.44 bits per heavy atom. The molecule has 1 atom stereocenters. The van der Waals surface area contributed by atoms with E-state index in [0.717, 1.165) is 44.2 Å². The summed E-state index contributed by atoms with van der Waals surface area (Å²) >= 11 is 0. The molecule has 0 amide bonds. The Morgan fingerprint density at radius 2 is 1.80 bits per heavy atom. The Labute approximate surface area is 147 Å². The second-order valence-electron chi connectivity index (χ2n) is 6.81. The van der Waals surface area contributed by atoms with Crippen molar-refractivity contribution in [3.05, 3.63) is 29.8 Å². The van der Waals surface area contributed by atoms with E-state index in [2.05, 4.69) is 25.3 Å². The predicted molar refractivity (Wildman–Crippen MR) is 94.7 cm³/mol. The summed E-state index contributed by atoms with van der Waals surface area (Å²) in [6.07, 6.45) is 0.753. The number of sulfone groups is 1. The monoisotopic (exact) mass is 362 g/mol. The van der Waals surface area contributed by atoms with Crippen LogP contribution in [0.5, 0.6) is 0 Å². The van der Waals surface area contributed by atoms with Gasteiger partial charge in [-0.25, -0.2) is 8.42 Å². The van der Waals surface area contributed by atoms with Gasteiger partial charge in [-0.05, 0) is 35.9 Å². The van der Waals surface area contributed by atoms with Crippen LogP contribution in [0, 0.1) is 6.92 Å². The van der Waals surface area contributed by atoms with Crippen molar-refractivity contribution in [2.75, 3.05) is 42.6 Å². The molecule has 0 N–H and O–H groups in total. The highest BCUT2D eigenvalue weighted by molar-refractivity contribution is 7.91. The van der Waals surface area contributed by atoms with Gasteiger partial charge in [-0.2, -0.15) is 4.68 Å². The van der Waals surface area contributed by atoms with Gasteiger partial charge >= 0.3 is 0 Å². The smallest absolute Gasteiger partial charge is 0.250 e. The Balaban J connectivity index is 1.45. The van der Waals surface area contributed by atoms with Crippen LogP contribution in [-0.4, -0.2) is 77.3 Å². The largest absolute Gasteiger partial charge is 0.337 e. The summed E-state index contributed by atoms with van der Waals surface area (Å²) in [5.74, 6) is 1.36. The van der Waals surface area contributed by atoms with Crippen molar-refractivity contribution in [3.8, 4) is 5.69 Å². The summed E-state index contributed by atoms with van der Waals surface area (Å²) in [7, 11) is -2.84. The minimum absolute atomic E-state index is 0.167. The molecule has 3 heterocycles. The maximum absolute atomic E-state index is 11.7. The number of aryl methyl sites for hydroxylation is 1. The molecule has 0 radical (unpaired) electrons. The lowest BCUT2D eigenvalue weighted by Crippen LogP contribution is -2.51. The molecular formula is C16H22N6O2S. The van der Waals surface area contributed by atoms with Crippen LogP contribution in [0.3, 0.4) is 0 Å². The van der Waals surface area contributed by atoms with Gasteiger partial charge in [0.15, 0.2) is 9.84 Å². The summed E-state index contributed by atoms with van der Waals surface area (Å²) in [4.78, 5) is 4.46. The van der Waals surface area contributed by atoms with Crippen molar-refractivity contribution >= 4 is 15.8 Å². The van der Waals surface area contributed by atoms with Crippen LogP contribution in [0.25, 0.3) is 5.69 Å². The number of tetrazole rings is 1. The number of hydrogen-bond donors (Lipinski definition) is 0. The first-order valence-corrected chi connectivity index (χ1v) is 10.4. The van der Waals surface area contributed by atoms with Crippen LogP contribution in [0.2, 0.25) is 0 Å². The maximum atomic E-state index is 11.7. The van der Waals surface area contributed by atoms with Gasteiger partial charge in [0.05, 0.1) is 17.2 Å². The van der Waals surface area contributed by atoms with Crippen molar-refractivity contribution < 1.29 is 8.42 Å². The van der Waals surface area contributed by atoms with E-state index in [1.807, 2.05) is 31.2 Å². The minimum Gasteiger partial charge on any atom is -0.337 e. The van der Waals surface area contributed by atoms with E-state index in [4.69, 9.17) is 0 Å². The van der Waals surface area contributed by atoms with Crippen LogP contribution in [0.15, 0.2) is 24.3 Å². The fraction of sp³-hybridized carbons (Fsp3) is 0.562. The average Bonchev–Trinajstić information content (AvgIpc) is 3.22. The van der Waals surface area contributed by atoms with Gasteiger partial charge in [0.2, 0.25) is 5.95 Å². The zero-order valence-electron chi connectivity index (χ0n) is 14.2. The predicted octanol–water partition coefficient (Wildman–Crippen LogP) is 0.280. The number of aromatic nitrogens is 4. The molecule has 1 unspecified atom stereocenters. The number of rotatable bonds is 3. The third-order valence-corrected chi connectivity index (χ3v) is 6.80. The molecule has 8 nitrogen and oxygen atoms in total. The maximum Gasteiger partial charge on any atom is 0.250 e. The van der Waals surface area contributed by atoms with Gasteiger partial charge in [-0.3, -0.25) is 4.90 Å². The van der Waals surface area contributed by atoms with Gasteiger partial charge in [0.1, 0.15) is 0 Å². The molecule has 9 heteroatoms. The molecule has 4 rings (SSSR count). The van der Waals surface area contributed by atoms with Crippen LogP contribution in [0.1, 0.15) is 12.0 Å². The number of hydrogen-bond acceptors (Lipinski definition) is 7. The van der Waals surface area contributed by atoms with E-state index in [9.17, 15) is 8.42 Å². The minimum atomic E-state index is -2.84. The van der Waals surface area contributed by atoms with Crippen LogP contribution < -0.4 is 4.90 Å². The molecule has 25 heavy (non-hydrogen) atoms. The summed E-state index contributed by atoms with van der Waals surface area (Å²) in [5, 5.41) is 12.2. The second kappa shape index (κ2) is 6.38. The Morgan fingerprint density at radius 1 is 1.08 bits per heavy atom. The highest BCUT2D eigenvalue weighted by atomic mass is 32.2. The molecule has 0 saturated carbocycles. The molecule has 2 aliphatic heterocycles. The highest BCUT2D eigenvalue weighted by Crippen LogP contribution is 2.22. The summed E-state index contributed by atoms with van der Waals surface area (Å²) < 4.78 is 25.1. The van der Waals surface area contributed by atoms with Crippen LogP contribution >= 0.6 is 0 Å². The normalized spacial score (nSPS) is 23.9. The summed E-state index contributed by atoms with van der Waals surface area (Å²) in [6.45, 7) is 5.31. The molecule has 0 aliphatic carbocycles. The highest BCUT2D eigenvalue weighted by Gasteiger charge is 2.34. The third kappa shape index (κ3) is 3.38. The molecule has 2 aromatic rings. The molecular weight excluding hydrogens is 340 g/mol. The van der Waals surface area contributed by atoms with Crippen molar-refractivity contribution in [3.63, 3.8) is 0 Å². The second-order valence-corrected chi connectivity index (χ2v) is 9.03. The first-order chi connectivity index (χ1) is 12.0. The number of nitrogens with zero attached hydrogens (tertiary/aromatic N) is 6. The van der Waals surface area contributed by atoms with E-state index in [1.165, 1.54) is 5.56 Å². The lowest BCUT2D eigenvalue weighted by atomic mass is 10.2. The van der Waals surface area contributed by atoms with Gasteiger partial charge in [0, 0.05) is 32.2 Å². The van der Waals surface area contributed by atoms with Crippen LogP contribution in [0.4, 0.5) is 5.95 Å². The van der Waals surface area contributed by atoms with E-state index in [0.29, 0.717) is 11.5 Å². The van der Waals surface area contributed by atoms with Crippen molar-refractivity contribution in [2.45, 2.75) is 19.4 Å². The van der Waals surface area contributed by atoms with Crippen molar-refractivity contribution in [1.29, 1.82) is 0 Å². The molecule has 2 saturated heterocycles. The van der Waals surface area contributed by atoms with Crippen molar-refractivity contribution in [2.24, 2.45) is 0 Å². The van der Waals surface area contributed by atoms with Gasteiger partial charge < -0.3 is 4.90 Å². The Kier molecular flexibility index (Phi) is 4.20. The fourth-order valence-electron chi connectivity index (χ4n) is 3.58. The lowest BCUT2D eigenvalue weighted by molar-refractivity contribution is 0.199. The number of piperazine rings is 1. The fourth-order valence-corrected chi connectivity index (χ4v) is 5.34. The topological polar surface area (TPSA) is 84.2 Å². The molecule has 0 spiro atoms. The first kappa shape index (κ1) is 16.5. The number of anilines is 1. The molecule has 0 bridgehead atoms. The van der Waals surface area contributed by atoms with Gasteiger partial charge in [-0.1, -0.05) is 22.8 Å². The zero-order valence-corrected chi connectivity index (χ0v) is 15.1. The third-order valence-electron chi connectivity index (χ3n) is 5.05. The quantitative estimate of drug-likeness (QED) is 0.775. The van der Waals surface area contributed by atoms with E-state index < -0.39 is 9.84 Å². The average molecular weight is 362 g/mol. The molecule has 2 fully saturated rings. The Bertz CT molecular complexity index is 840. The standard InChI is InChI=1S/C16H22N6O2S/c1-13-2-4-14(5-3-13)22-16(17-18-19-22)21-9-7-20(8-10-21)15-6-11-25(23,24)12-15/h2-5,15H,6-12H2,1H3. The van der Waals surface area contributed by atoms with Crippen LogP contribution in [-0.2, 0) is 9.84 Å². The molecule has 2 aliphatic rings. The molecule has 1 aromatic heterocycles. The summed E-state index contributed by atoms with van der Waals surface area (Å²) in [6, 6.07) is 8.27. The Hall–Kier alpha value is -2.00. The SMILES string of the molecule is Cc1ccc(-n2nnnc2N2CCN(C3CCS(=O)(=O)C3)CC2)cc1. The lowest BCUT2D eigenvalue weighted by Gasteiger charge is -2.37. The number of benzene rings is 1. The van der Waals surface area contributed by atoms with E-state index >= 15 is 0 Å². The summed E-state index contributed by atoms with van der Waals surface area (Å²) in [5.41, 5.74) is 2.13. The first-order valence-electron chi connectivity index (χ1n) is 8.57. The van der Waals surface area contributed by atoms with Gasteiger partial charge in [-0.15, -0.1) is 0 Å². The zero-order chi connectivity index (χ0) is 17.4. The van der Waals surface area contributed by atoms with Crippen molar-refractivity contribution in [1.82, 2.24) is 25.1 Å².